The van der Waals surface area contributed by atoms with Crippen molar-refractivity contribution in [3.8, 4) is 0 Å². The third-order valence-electron chi connectivity index (χ3n) is 2.64. The molecule has 0 saturated heterocycles. The van der Waals surface area contributed by atoms with Crippen LogP contribution in [0, 0.1) is 5.41 Å². The molecule has 0 aliphatic rings. The highest BCUT2D eigenvalue weighted by Crippen LogP contribution is 2.11. The third kappa shape index (κ3) is 15.5. The van der Waals surface area contributed by atoms with Crippen LogP contribution < -0.4 is 0 Å². The van der Waals surface area contributed by atoms with E-state index in [1.54, 1.807) is 0 Å². The summed E-state index contributed by atoms with van der Waals surface area (Å²) < 4.78 is 20.1. The van der Waals surface area contributed by atoms with E-state index < -0.39 is 31.8 Å². The Morgan fingerprint density at radius 1 is 0.609 bits per heavy atom. The Kier molecular flexibility index (Phi) is 19.8. The molecule has 4 N–H and O–H groups in total. The molecule has 0 atom stereocenters. The first-order valence-electron chi connectivity index (χ1n) is 7.20. The zero-order chi connectivity index (χ0) is 17.8. The second-order valence-electron chi connectivity index (χ2n) is 4.43. The van der Waals surface area contributed by atoms with E-state index in [0.717, 1.165) is 0 Å². The number of rotatable bonds is 15. The summed E-state index contributed by atoms with van der Waals surface area (Å²) >= 11 is 0. The number of hydrogen-bond acceptors (Lipinski definition) is 8. The predicted molar refractivity (Wildman–Crippen MR) is 84.7 cm³/mol. The molecule has 23 heavy (non-hydrogen) atoms. The molecular weight excluding hydrogens is 308 g/mol. The third-order valence-corrected chi connectivity index (χ3v) is 2.64. The predicted octanol–water partition coefficient (Wildman–Crippen LogP) is -0.718. The van der Waals surface area contributed by atoms with Gasteiger partial charge in [-0.3, -0.25) is 0 Å². The Morgan fingerprint density at radius 2 is 0.913 bits per heavy atom. The quantitative estimate of drug-likeness (QED) is 0.228. The van der Waals surface area contributed by atoms with Gasteiger partial charge >= 0.3 is 0 Å². The van der Waals surface area contributed by atoms with Crippen LogP contribution in [0.4, 0.5) is 0 Å². The lowest BCUT2D eigenvalue weighted by Crippen LogP contribution is -2.37. The van der Waals surface area contributed by atoms with E-state index in [9.17, 15) is 0 Å². The van der Waals surface area contributed by atoms with Crippen LogP contribution in [0.1, 0.15) is 0 Å². The van der Waals surface area contributed by atoms with Crippen molar-refractivity contribution in [1.29, 1.82) is 0 Å². The molecular formula is C15H30O8. The Hall–Kier alpha value is -1.16. The Bertz CT molecular complexity index is 222. The highest BCUT2D eigenvalue weighted by atomic mass is 16.6. The van der Waals surface area contributed by atoms with Crippen molar-refractivity contribution in [2.45, 2.75) is 0 Å². The van der Waals surface area contributed by atoms with Crippen LogP contribution in [-0.4, -0.2) is 86.5 Å². The van der Waals surface area contributed by atoms with Crippen LogP contribution in [0.15, 0.2) is 25.7 Å². The van der Waals surface area contributed by atoms with Gasteiger partial charge in [-0.2, -0.15) is 0 Å². The van der Waals surface area contributed by atoms with Gasteiger partial charge in [0.1, 0.15) is 13.2 Å². The summed E-state index contributed by atoms with van der Waals surface area (Å²) in [6.45, 7) is 8.50. The smallest absolute Gasteiger partial charge is 0.111 e. The lowest BCUT2D eigenvalue weighted by atomic mass is 9.93. The van der Waals surface area contributed by atoms with E-state index >= 15 is 0 Å². The van der Waals surface area contributed by atoms with Crippen molar-refractivity contribution in [1.82, 2.24) is 0 Å². The Morgan fingerprint density at radius 3 is 1.13 bits per heavy atom. The number of aliphatic hydroxyl groups excluding tert-OH is 4. The van der Waals surface area contributed by atoms with Crippen molar-refractivity contribution in [3.05, 3.63) is 25.7 Å². The maximum absolute atomic E-state index is 8.50. The van der Waals surface area contributed by atoms with Crippen LogP contribution in [0.5, 0.6) is 0 Å². The molecule has 0 aromatic heterocycles. The lowest BCUT2D eigenvalue weighted by Gasteiger charge is -2.23. The fourth-order valence-electron chi connectivity index (χ4n) is 1.00. The minimum Gasteiger partial charge on any atom is -0.499 e. The molecule has 0 aliphatic carbocycles. The van der Waals surface area contributed by atoms with E-state index in [1.165, 1.54) is 12.5 Å². The summed E-state index contributed by atoms with van der Waals surface area (Å²) in [5.41, 5.74) is -1.11. The van der Waals surface area contributed by atoms with Gasteiger partial charge in [0.2, 0.25) is 0 Å². The molecule has 0 spiro atoms. The van der Waals surface area contributed by atoms with Gasteiger partial charge in [-0.15, -0.1) is 0 Å². The van der Waals surface area contributed by atoms with Crippen molar-refractivity contribution in [3.63, 3.8) is 0 Å². The average Bonchev–Trinajstić information content (AvgIpc) is 2.60. The van der Waals surface area contributed by atoms with Gasteiger partial charge in [0.25, 0.3) is 0 Å². The van der Waals surface area contributed by atoms with E-state index in [4.69, 9.17) is 39.4 Å². The summed E-state index contributed by atoms with van der Waals surface area (Å²) in [7, 11) is 0. The fourth-order valence-corrected chi connectivity index (χ4v) is 1.00. The van der Waals surface area contributed by atoms with Gasteiger partial charge in [-0.1, -0.05) is 13.2 Å². The summed E-state index contributed by atoms with van der Waals surface area (Å²) in [5, 5.41) is 34.0. The van der Waals surface area contributed by atoms with Crippen molar-refractivity contribution in [2.75, 3.05) is 66.1 Å². The lowest BCUT2D eigenvalue weighted by molar-refractivity contribution is -0.0328. The van der Waals surface area contributed by atoms with Crippen LogP contribution >= 0.6 is 0 Å². The molecule has 8 heteroatoms. The Labute approximate surface area is 137 Å². The molecule has 0 fully saturated rings. The average molecular weight is 338 g/mol. The SMILES string of the molecule is C=COCCOCCOCCOC=C.OCC(CO)(CO)CO. The normalized spacial score (nSPS) is 10.4. The molecule has 0 rings (SSSR count). The van der Waals surface area contributed by atoms with Gasteiger partial charge in [-0.25, -0.2) is 0 Å². The van der Waals surface area contributed by atoms with Gasteiger partial charge in [0, 0.05) is 0 Å². The first-order chi connectivity index (χ1) is 11.2. The zero-order valence-electron chi connectivity index (χ0n) is 13.6. The molecule has 0 aliphatic heterocycles. The zero-order valence-corrected chi connectivity index (χ0v) is 13.6. The molecule has 138 valence electrons. The summed E-state index contributed by atoms with van der Waals surface area (Å²) in [4.78, 5) is 0. The van der Waals surface area contributed by atoms with E-state index in [1.807, 2.05) is 0 Å². The van der Waals surface area contributed by atoms with Crippen molar-refractivity contribution in [2.24, 2.45) is 5.41 Å². The molecule has 0 bridgehead atoms. The number of aliphatic hydroxyl groups is 4. The van der Waals surface area contributed by atoms with Crippen LogP contribution in [-0.2, 0) is 18.9 Å². The molecule has 0 saturated carbocycles. The molecule has 0 heterocycles. The van der Waals surface area contributed by atoms with Gasteiger partial charge in [0.15, 0.2) is 0 Å². The minimum absolute atomic E-state index is 0.406. The van der Waals surface area contributed by atoms with E-state index in [0.29, 0.717) is 39.6 Å². The van der Waals surface area contributed by atoms with E-state index in [-0.39, 0.29) is 0 Å². The van der Waals surface area contributed by atoms with Gasteiger partial charge in [-0.05, 0) is 0 Å². The molecule has 0 unspecified atom stereocenters. The topological polar surface area (TPSA) is 118 Å². The van der Waals surface area contributed by atoms with Crippen molar-refractivity contribution >= 4 is 0 Å². The minimum atomic E-state index is -1.11. The summed E-state index contributed by atoms with van der Waals surface area (Å²) in [6, 6.07) is 0. The molecule has 8 nitrogen and oxygen atoms in total. The van der Waals surface area contributed by atoms with Gasteiger partial charge in [0.05, 0.1) is 70.8 Å². The maximum Gasteiger partial charge on any atom is 0.111 e. The number of ether oxygens (including phenoxy) is 4. The summed E-state index contributed by atoms with van der Waals surface area (Å²) in [5.74, 6) is 0. The second kappa shape index (κ2) is 18.9. The summed E-state index contributed by atoms with van der Waals surface area (Å²) in [6.07, 6.45) is 2.79. The largest absolute Gasteiger partial charge is 0.499 e. The Balaban J connectivity index is 0. The standard InChI is InChI=1S/C10H18O4.C5H12O4/c1-3-11-5-7-13-9-10-14-8-6-12-4-2;6-1-5(2-7,3-8)4-9/h3-4H,1-2,5-10H2;6-9H,1-4H2. The van der Waals surface area contributed by atoms with E-state index in [2.05, 4.69) is 13.2 Å². The fraction of sp³-hybridized carbons (Fsp3) is 0.733. The first kappa shape index (κ1) is 24.1. The van der Waals surface area contributed by atoms with Crippen molar-refractivity contribution < 1.29 is 39.4 Å². The molecule has 0 aromatic rings. The monoisotopic (exact) mass is 338 g/mol. The van der Waals surface area contributed by atoms with Gasteiger partial charge < -0.3 is 39.4 Å². The first-order valence-corrected chi connectivity index (χ1v) is 7.20. The van der Waals surface area contributed by atoms with Crippen LogP contribution in [0.3, 0.4) is 0 Å². The second-order valence-corrected chi connectivity index (χ2v) is 4.43. The van der Waals surface area contributed by atoms with Crippen LogP contribution in [0.2, 0.25) is 0 Å². The highest BCUT2D eigenvalue weighted by molar-refractivity contribution is 4.74. The molecule has 0 aromatic carbocycles. The maximum atomic E-state index is 8.50. The molecule has 0 amide bonds. The molecule has 0 radical (unpaired) electrons. The van der Waals surface area contributed by atoms with Crippen LogP contribution in [0.25, 0.3) is 0 Å². The highest BCUT2D eigenvalue weighted by Gasteiger charge is 2.26. The number of hydrogen-bond donors (Lipinski definition) is 4.